The number of aryl methyl sites for hydroxylation is 1. The molecule has 1 aromatic carbocycles. The molecule has 1 aromatic heterocycles. The molecular weight excluding hydrogens is 364 g/mol. The number of hydrogen-bond donors (Lipinski definition) is 3. The highest BCUT2D eigenvalue weighted by Crippen LogP contribution is 2.16. The summed E-state index contributed by atoms with van der Waals surface area (Å²) in [4.78, 5) is 50.4. The first-order valence-corrected chi connectivity index (χ1v) is 8.24. The summed E-state index contributed by atoms with van der Waals surface area (Å²) in [5.41, 5.74) is 1.35. The molecule has 0 aliphatic carbocycles. The number of pyridine rings is 1. The normalized spacial score (nSPS) is 13.5. The van der Waals surface area contributed by atoms with Gasteiger partial charge in [0, 0.05) is 6.20 Å². The molecule has 1 aliphatic heterocycles. The number of carbonyl (C=O) groups is 4. The predicted octanol–water partition coefficient (Wildman–Crippen LogP) is 1.16. The summed E-state index contributed by atoms with van der Waals surface area (Å²) in [6.45, 7) is 1.69. The number of rotatable bonds is 5. The molecule has 9 nitrogen and oxygen atoms in total. The van der Waals surface area contributed by atoms with Crippen molar-refractivity contribution in [3.63, 3.8) is 0 Å². The van der Waals surface area contributed by atoms with Crippen LogP contribution in [-0.2, 0) is 14.4 Å². The molecule has 0 unspecified atom stereocenters. The maximum atomic E-state index is 11.9. The molecule has 1 fully saturated rings. The second kappa shape index (κ2) is 8.12. The van der Waals surface area contributed by atoms with Crippen molar-refractivity contribution >= 4 is 35.6 Å². The number of nitrogens with zero attached hydrogens (tertiary/aromatic N) is 1. The Balaban J connectivity index is 1.57. The lowest BCUT2D eigenvalue weighted by Gasteiger charge is -2.13. The molecule has 0 atom stereocenters. The average molecular weight is 380 g/mol. The molecule has 2 aromatic rings. The van der Waals surface area contributed by atoms with E-state index in [1.165, 1.54) is 6.08 Å². The van der Waals surface area contributed by atoms with Crippen LogP contribution in [0, 0.1) is 6.92 Å². The Morgan fingerprint density at radius 2 is 1.75 bits per heavy atom. The summed E-state index contributed by atoms with van der Waals surface area (Å²) in [6, 6.07) is 9.08. The number of benzene rings is 1. The highest BCUT2D eigenvalue weighted by atomic mass is 16.5. The van der Waals surface area contributed by atoms with Crippen LogP contribution in [0.4, 0.5) is 10.6 Å². The molecule has 0 bridgehead atoms. The highest BCUT2D eigenvalue weighted by molar-refractivity contribution is 6.31. The van der Waals surface area contributed by atoms with Crippen molar-refractivity contribution in [1.29, 1.82) is 0 Å². The first-order chi connectivity index (χ1) is 13.4. The number of amides is 5. The van der Waals surface area contributed by atoms with E-state index in [9.17, 15) is 19.2 Å². The smallest absolute Gasteiger partial charge is 0.328 e. The number of urea groups is 1. The van der Waals surface area contributed by atoms with Gasteiger partial charge in [-0.2, -0.15) is 0 Å². The van der Waals surface area contributed by atoms with Gasteiger partial charge in [0.25, 0.3) is 17.7 Å². The Hall–Kier alpha value is -4.01. The molecule has 1 saturated heterocycles. The van der Waals surface area contributed by atoms with Gasteiger partial charge in [0.15, 0.2) is 6.61 Å². The van der Waals surface area contributed by atoms with E-state index < -0.39 is 17.8 Å². The van der Waals surface area contributed by atoms with Crippen LogP contribution in [0.5, 0.6) is 5.75 Å². The highest BCUT2D eigenvalue weighted by Gasteiger charge is 2.27. The fourth-order valence-corrected chi connectivity index (χ4v) is 2.30. The number of aromatic nitrogens is 1. The quantitative estimate of drug-likeness (QED) is 0.528. The number of anilines is 1. The van der Waals surface area contributed by atoms with Gasteiger partial charge in [0.2, 0.25) is 0 Å². The molecule has 9 heteroatoms. The minimum atomic E-state index is -0.852. The Morgan fingerprint density at radius 1 is 1.07 bits per heavy atom. The van der Waals surface area contributed by atoms with E-state index in [1.807, 2.05) is 23.6 Å². The van der Waals surface area contributed by atoms with Gasteiger partial charge in [-0.3, -0.25) is 25.0 Å². The number of barbiturate groups is 1. The van der Waals surface area contributed by atoms with E-state index in [-0.39, 0.29) is 18.1 Å². The van der Waals surface area contributed by atoms with E-state index in [1.54, 1.807) is 36.5 Å². The monoisotopic (exact) mass is 380 g/mol. The lowest BCUT2D eigenvalue weighted by Crippen LogP contribution is -2.51. The van der Waals surface area contributed by atoms with Gasteiger partial charge in [-0.1, -0.05) is 18.2 Å². The Bertz CT molecular complexity index is 943. The maximum absolute atomic E-state index is 11.9. The number of imide groups is 2. The second-order valence-corrected chi connectivity index (χ2v) is 5.92. The fourth-order valence-electron chi connectivity index (χ4n) is 2.30. The average Bonchev–Trinajstić information content (AvgIpc) is 2.66. The van der Waals surface area contributed by atoms with Crippen LogP contribution in [0.2, 0.25) is 0 Å². The number of hydrogen-bond acceptors (Lipinski definition) is 6. The lowest BCUT2D eigenvalue weighted by molar-refractivity contribution is -0.124. The Kier molecular flexibility index (Phi) is 5.45. The molecule has 2 heterocycles. The SMILES string of the molecule is Cc1ccc(NC(=O)COc2ccc(C=C3C(=O)NC(=O)NC3=O)cc2)nc1. The molecule has 5 amide bonds. The van der Waals surface area contributed by atoms with Gasteiger partial charge in [-0.25, -0.2) is 9.78 Å². The summed E-state index contributed by atoms with van der Waals surface area (Å²) in [6.07, 6.45) is 2.99. The van der Waals surface area contributed by atoms with Gasteiger partial charge in [-0.15, -0.1) is 0 Å². The summed E-state index contributed by atoms with van der Waals surface area (Å²) in [7, 11) is 0. The van der Waals surface area contributed by atoms with Gasteiger partial charge in [-0.05, 0) is 42.3 Å². The van der Waals surface area contributed by atoms with Crippen LogP contribution in [0.1, 0.15) is 11.1 Å². The second-order valence-electron chi connectivity index (χ2n) is 5.92. The third kappa shape index (κ3) is 4.79. The van der Waals surface area contributed by atoms with Crippen molar-refractivity contribution in [1.82, 2.24) is 15.6 Å². The topological polar surface area (TPSA) is 126 Å². The van der Waals surface area contributed by atoms with Crippen molar-refractivity contribution < 1.29 is 23.9 Å². The largest absolute Gasteiger partial charge is 0.484 e. The van der Waals surface area contributed by atoms with Gasteiger partial charge in [0.1, 0.15) is 17.1 Å². The third-order valence-corrected chi connectivity index (χ3v) is 3.68. The molecular formula is C19H16N4O5. The van der Waals surface area contributed by atoms with Crippen LogP contribution < -0.4 is 20.7 Å². The van der Waals surface area contributed by atoms with Crippen LogP contribution in [0.15, 0.2) is 48.2 Å². The van der Waals surface area contributed by atoms with E-state index in [4.69, 9.17) is 4.74 Å². The van der Waals surface area contributed by atoms with Crippen molar-refractivity contribution in [2.45, 2.75) is 6.92 Å². The lowest BCUT2D eigenvalue weighted by atomic mass is 10.1. The first-order valence-electron chi connectivity index (χ1n) is 8.24. The third-order valence-electron chi connectivity index (χ3n) is 3.68. The molecule has 142 valence electrons. The summed E-state index contributed by atoms with van der Waals surface area (Å²) in [5.74, 6) is -1.03. The standard InChI is InChI=1S/C19H16N4O5/c1-11-2-7-15(20-9-11)21-16(24)10-28-13-5-3-12(4-6-13)8-14-17(25)22-19(27)23-18(14)26/h2-9H,10H2,1H3,(H,20,21,24)(H2,22,23,25,26,27). The van der Waals surface area contributed by atoms with Gasteiger partial charge in [0.05, 0.1) is 0 Å². The van der Waals surface area contributed by atoms with E-state index >= 15 is 0 Å². The van der Waals surface area contributed by atoms with Crippen molar-refractivity contribution in [2.75, 3.05) is 11.9 Å². The molecule has 28 heavy (non-hydrogen) atoms. The number of carbonyl (C=O) groups excluding carboxylic acids is 4. The van der Waals surface area contributed by atoms with Crippen LogP contribution in [0.25, 0.3) is 6.08 Å². The minimum absolute atomic E-state index is 0.182. The van der Waals surface area contributed by atoms with Crippen molar-refractivity contribution in [2.24, 2.45) is 0 Å². The van der Waals surface area contributed by atoms with Gasteiger partial charge >= 0.3 is 6.03 Å². The molecule has 0 radical (unpaired) electrons. The van der Waals surface area contributed by atoms with Crippen LogP contribution >= 0.6 is 0 Å². The van der Waals surface area contributed by atoms with Crippen LogP contribution in [-0.4, -0.2) is 35.3 Å². The fraction of sp³-hybridized carbons (Fsp3) is 0.105. The zero-order valence-corrected chi connectivity index (χ0v) is 14.8. The predicted molar refractivity (Wildman–Crippen MR) is 99.2 cm³/mol. The Morgan fingerprint density at radius 3 is 2.36 bits per heavy atom. The number of ether oxygens (including phenoxy) is 1. The summed E-state index contributed by atoms with van der Waals surface area (Å²) < 4.78 is 5.40. The summed E-state index contributed by atoms with van der Waals surface area (Å²) in [5, 5.41) is 6.61. The zero-order chi connectivity index (χ0) is 20.1. The molecule has 0 spiro atoms. The van der Waals surface area contributed by atoms with Crippen molar-refractivity contribution in [3.8, 4) is 5.75 Å². The summed E-state index contributed by atoms with van der Waals surface area (Å²) >= 11 is 0. The molecule has 0 saturated carbocycles. The van der Waals surface area contributed by atoms with Crippen molar-refractivity contribution in [3.05, 3.63) is 59.3 Å². The van der Waals surface area contributed by atoms with Crippen LogP contribution in [0.3, 0.4) is 0 Å². The van der Waals surface area contributed by atoms with E-state index in [2.05, 4.69) is 10.3 Å². The van der Waals surface area contributed by atoms with Gasteiger partial charge < -0.3 is 10.1 Å². The molecule has 3 rings (SSSR count). The molecule has 1 aliphatic rings. The Labute approximate surface area is 159 Å². The minimum Gasteiger partial charge on any atom is -0.484 e. The van der Waals surface area contributed by atoms with E-state index in [0.717, 1.165) is 5.56 Å². The first kappa shape index (κ1) is 18.8. The molecule has 3 N–H and O–H groups in total. The zero-order valence-electron chi connectivity index (χ0n) is 14.8. The maximum Gasteiger partial charge on any atom is 0.328 e. The number of nitrogens with one attached hydrogen (secondary N) is 3. The van der Waals surface area contributed by atoms with E-state index in [0.29, 0.717) is 17.1 Å².